The Kier molecular flexibility index (Phi) is 9.01. The average molecular weight is 611 g/mol. The number of anilines is 1. The molecule has 7 nitrogen and oxygen atoms in total. The number of rotatable bonds is 9. The highest BCUT2D eigenvalue weighted by Gasteiger charge is 2.24. The van der Waals surface area contributed by atoms with E-state index in [1.165, 1.54) is 31.4 Å². The lowest BCUT2D eigenvalue weighted by Gasteiger charge is -2.33. The molecule has 10 heteroatoms. The number of methoxy groups -OCH3 is 1. The van der Waals surface area contributed by atoms with Crippen molar-refractivity contribution in [2.24, 2.45) is 0 Å². The summed E-state index contributed by atoms with van der Waals surface area (Å²) in [6.45, 7) is 2.05. The molecule has 1 fully saturated rings. The SMILES string of the molecule is CCc1cc(-c2cc(F)c(CS(=O)(=O)c3ccccc3Cl)cc2OC)cc2cnc(NC3CCC(N(C)C)CC3)nc12. The summed E-state index contributed by atoms with van der Waals surface area (Å²) >= 11 is 6.12. The van der Waals surface area contributed by atoms with E-state index in [1.54, 1.807) is 18.3 Å². The molecule has 1 N–H and O–H groups in total. The Morgan fingerprint density at radius 3 is 2.48 bits per heavy atom. The van der Waals surface area contributed by atoms with Gasteiger partial charge in [0, 0.05) is 34.8 Å². The highest BCUT2D eigenvalue weighted by Crippen LogP contribution is 2.37. The van der Waals surface area contributed by atoms with Crippen LogP contribution in [-0.4, -0.2) is 56.6 Å². The van der Waals surface area contributed by atoms with Crippen molar-refractivity contribution in [2.45, 2.75) is 61.8 Å². The largest absolute Gasteiger partial charge is 0.496 e. The van der Waals surface area contributed by atoms with E-state index in [-0.39, 0.29) is 15.5 Å². The maximum absolute atomic E-state index is 15.5. The molecule has 0 amide bonds. The molecule has 0 unspecified atom stereocenters. The van der Waals surface area contributed by atoms with Crippen LogP contribution in [0.4, 0.5) is 10.3 Å². The summed E-state index contributed by atoms with van der Waals surface area (Å²) in [7, 11) is 1.87. The van der Waals surface area contributed by atoms with Crippen LogP contribution in [0, 0.1) is 5.82 Å². The summed E-state index contributed by atoms with van der Waals surface area (Å²) in [5, 5.41) is 4.46. The van der Waals surface area contributed by atoms with E-state index in [9.17, 15) is 8.42 Å². The summed E-state index contributed by atoms with van der Waals surface area (Å²) in [4.78, 5) is 11.7. The zero-order valence-corrected chi connectivity index (χ0v) is 25.9. The van der Waals surface area contributed by atoms with E-state index in [2.05, 4.69) is 36.2 Å². The molecule has 4 aromatic rings. The first-order valence-electron chi connectivity index (χ1n) is 14.2. The number of aromatic nitrogens is 2. The van der Waals surface area contributed by atoms with Gasteiger partial charge in [-0.3, -0.25) is 0 Å². The van der Waals surface area contributed by atoms with Gasteiger partial charge in [0.05, 0.1) is 28.3 Å². The van der Waals surface area contributed by atoms with Gasteiger partial charge in [-0.2, -0.15) is 0 Å². The first kappa shape index (κ1) is 30.2. The molecule has 1 saturated carbocycles. The summed E-state index contributed by atoms with van der Waals surface area (Å²) in [5.74, 6) is -0.197. The summed E-state index contributed by atoms with van der Waals surface area (Å²) < 4.78 is 47.2. The number of halogens is 2. The van der Waals surface area contributed by atoms with Gasteiger partial charge in [-0.05, 0) is 93.7 Å². The molecule has 42 heavy (non-hydrogen) atoms. The van der Waals surface area contributed by atoms with Gasteiger partial charge in [-0.1, -0.05) is 30.7 Å². The van der Waals surface area contributed by atoms with Crippen molar-refractivity contribution in [2.75, 3.05) is 26.5 Å². The van der Waals surface area contributed by atoms with Crippen LogP contribution in [-0.2, 0) is 22.0 Å². The Balaban J connectivity index is 1.44. The van der Waals surface area contributed by atoms with Gasteiger partial charge in [-0.15, -0.1) is 0 Å². The summed E-state index contributed by atoms with van der Waals surface area (Å²) in [5.41, 5.74) is 3.11. The fourth-order valence-corrected chi connectivity index (χ4v) is 7.64. The van der Waals surface area contributed by atoms with Crippen molar-refractivity contribution in [1.82, 2.24) is 14.9 Å². The number of ether oxygens (including phenoxy) is 1. The lowest BCUT2D eigenvalue weighted by Crippen LogP contribution is -2.36. The second kappa shape index (κ2) is 12.5. The van der Waals surface area contributed by atoms with Crippen LogP contribution in [0.15, 0.2) is 59.6 Å². The molecule has 1 aromatic heterocycles. The maximum atomic E-state index is 15.5. The Bertz CT molecular complexity index is 1710. The van der Waals surface area contributed by atoms with Gasteiger partial charge in [0.15, 0.2) is 9.84 Å². The molecule has 1 aliphatic carbocycles. The topological polar surface area (TPSA) is 84.4 Å². The average Bonchev–Trinajstić information content (AvgIpc) is 2.97. The lowest BCUT2D eigenvalue weighted by molar-refractivity contribution is 0.221. The molecule has 0 spiro atoms. The first-order chi connectivity index (χ1) is 20.1. The molecule has 0 atom stereocenters. The van der Waals surface area contributed by atoms with Crippen molar-refractivity contribution >= 4 is 38.3 Å². The Hall–Kier alpha value is -3.27. The fraction of sp³-hybridized carbons (Fsp3) is 0.375. The maximum Gasteiger partial charge on any atom is 0.223 e. The van der Waals surface area contributed by atoms with Crippen LogP contribution >= 0.6 is 11.6 Å². The zero-order chi connectivity index (χ0) is 30.0. The first-order valence-corrected chi connectivity index (χ1v) is 16.2. The van der Waals surface area contributed by atoms with Crippen LogP contribution in [0.25, 0.3) is 22.0 Å². The predicted octanol–water partition coefficient (Wildman–Crippen LogP) is 6.92. The molecule has 0 saturated heterocycles. The minimum absolute atomic E-state index is 0.00527. The molecular weight excluding hydrogens is 575 g/mol. The van der Waals surface area contributed by atoms with Gasteiger partial charge in [-0.25, -0.2) is 22.8 Å². The van der Waals surface area contributed by atoms with Gasteiger partial charge in [0.2, 0.25) is 5.95 Å². The van der Waals surface area contributed by atoms with Crippen LogP contribution < -0.4 is 10.1 Å². The fourth-order valence-electron chi connectivity index (χ4n) is 5.71. The Labute approximate surface area is 252 Å². The summed E-state index contributed by atoms with van der Waals surface area (Å²) in [6, 6.07) is 13.8. The monoisotopic (exact) mass is 610 g/mol. The molecule has 1 aliphatic rings. The van der Waals surface area contributed by atoms with Crippen LogP contribution in [0.3, 0.4) is 0 Å². The number of hydrogen-bond acceptors (Lipinski definition) is 7. The molecule has 222 valence electrons. The highest BCUT2D eigenvalue weighted by molar-refractivity contribution is 7.90. The molecule has 5 rings (SSSR count). The smallest absolute Gasteiger partial charge is 0.223 e. The van der Waals surface area contributed by atoms with Crippen molar-refractivity contribution in [1.29, 1.82) is 0 Å². The van der Waals surface area contributed by atoms with Crippen molar-refractivity contribution in [3.05, 3.63) is 76.7 Å². The number of sulfone groups is 1. The number of benzene rings is 3. The van der Waals surface area contributed by atoms with E-state index >= 15 is 4.39 Å². The quantitative estimate of drug-likeness (QED) is 0.220. The van der Waals surface area contributed by atoms with Gasteiger partial charge in [0.25, 0.3) is 0 Å². The van der Waals surface area contributed by atoms with E-state index in [4.69, 9.17) is 21.3 Å². The molecular formula is C32H36ClFN4O3S. The number of hydrogen-bond donors (Lipinski definition) is 1. The molecule has 3 aromatic carbocycles. The number of nitrogens with zero attached hydrogens (tertiary/aromatic N) is 3. The van der Waals surface area contributed by atoms with E-state index in [1.807, 2.05) is 12.1 Å². The van der Waals surface area contributed by atoms with Crippen LogP contribution in [0.2, 0.25) is 5.02 Å². The molecule has 0 bridgehead atoms. The third-order valence-electron chi connectivity index (χ3n) is 8.10. The van der Waals surface area contributed by atoms with E-state index in [0.29, 0.717) is 35.8 Å². The Morgan fingerprint density at radius 1 is 1.07 bits per heavy atom. The number of nitrogens with one attached hydrogen (secondary N) is 1. The number of aryl methyl sites for hydroxylation is 1. The minimum atomic E-state index is -3.88. The van der Waals surface area contributed by atoms with Crippen LogP contribution in [0.1, 0.15) is 43.7 Å². The highest BCUT2D eigenvalue weighted by atomic mass is 35.5. The Morgan fingerprint density at radius 2 is 1.81 bits per heavy atom. The molecule has 0 aliphatic heterocycles. The number of fused-ring (bicyclic) bond motifs is 1. The standard InChI is InChI=1S/C32H36ClFN4O3S/c1-5-20-14-21(15-22-18-35-32(37-31(20)22)36-24-10-12-25(13-11-24)38(2)3)26-17-28(34)23(16-29(26)41-4)19-42(39,40)30-9-7-6-8-27(30)33/h6-9,14-18,24-25H,5,10-13,19H2,1-4H3,(H,35,36,37). The third-order valence-corrected chi connectivity index (χ3v) is 10.3. The van der Waals surface area contributed by atoms with Crippen molar-refractivity contribution in [3.63, 3.8) is 0 Å². The van der Waals surface area contributed by atoms with Gasteiger partial charge in [0.1, 0.15) is 11.6 Å². The normalized spacial score (nSPS) is 17.5. The third kappa shape index (κ3) is 6.38. The van der Waals surface area contributed by atoms with Crippen molar-refractivity contribution in [3.8, 4) is 16.9 Å². The van der Waals surface area contributed by atoms with Crippen molar-refractivity contribution < 1.29 is 17.5 Å². The minimum Gasteiger partial charge on any atom is -0.496 e. The zero-order valence-electron chi connectivity index (χ0n) is 24.3. The molecule has 1 heterocycles. The van der Waals surface area contributed by atoms with Crippen LogP contribution in [0.5, 0.6) is 5.75 Å². The van der Waals surface area contributed by atoms with E-state index < -0.39 is 21.4 Å². The second-order valence-corrected chi connectivity index (χ2v) is 13.4. The predicted molar refractivity (Wildman–Crippen MR) is 167 cm³/mol. The van der Waals surface area contributed by atoms with E-state index in [0.717, 1.165) is 47.7 Å². The van der Waals surface area contributed by atoms with Gasteiger partial charge < -0.3 is 15.0 Å². The lowest BCUT2D eigenvalue weighted by atomic mass is 9.90. The molecule has 0 radical (unpaired) electrons. The summed E-state index contributed by atoms with van der Waals surface area (Å²) in [6.07, 6.45) is 6.95. The second-order valence-electron chi connectivity index (χ2n) is 11.1. The van der Waals surface area contributed by atoms with Gasteiger partial charge >= 0.3 is 0 Å².